The molecule has 0 aliphatic heterocycles. The molecule has 0 atom stereocenters. The Bertz CT molecular complexity index is 393. The minimum atomic E-state index is -4.73. The van der Waals surface area contributed by atoms with E-state index >= 15 is 0 Å². The molecule has 1 rings (SSSR count). The molecule has 6 heteroatoms. The summed E-state index contributed by atoms with van der Waals surface area (Å²) in [6.07, 6.45) is -2.76. The van der Waals surface area contributed by atoms with Crippen molar-refractivity contribution in [3.63, 3.8) is 0 Å². The monoisotopic (exact) mass is 231 g/mol. The second-order valence-electron chi connectivity index (χ2n) is 2.77. The lowest BCUT2D eigenvalue weighted by molar-refractivity contribution is -0.297. The molecule has 0 unspecified atom stereocenters. The molecule has 0 radical (unpaired) electrons. The van der Waals surface area contributed by atoms with Gasteiger partial charge in [0.2, 0.25) is 0 Å². The van der Waals surface area contributed by atoms with Gasteiger partial charge in [-0.2, -0.15) is 0 Å². The maximum Gasteiger partial charge on any atom is 0.573 e. The summed E-state index contributed by atoms with van der Waals surface area (Å²) in [6, 6.07) is 4.76. The Morgan fingerprint density at radius 1 is 1.25 bits per heavy atom. The van der Waals surface area contributed by atoms with Crippen LogP contribution >= 0.6 is 0 Å². The summed E-state index contributed by atoms with van der Waals surface area (Å²) in [6.45, 7) is 0. The maximum absolute atomic E-state index is 11.8. The number of benzene rings is 1. The lowest BCUT2D eigenvalue weighted by Crippen LogP contribution is -2.18. The zero-order valence-electron chi connectivity index (χ0n) is 7.82. The first kappa shape index (κ1) is 12.1. The molecule has 0 saturated heterocycles. The fourth-order valence-corrected chi connectivity index (χ4v) is 0.945. The van der Waals surface area contributed by atoms with Gasteiger partial charge in [0.25, 0.3) is 0 Å². The van der Waals surface area contributed by atoms with E-state index in [9.17, 15) is 23.1 Å². The largest absolute Gasteiger partial charge is 0.573 e. The van der Waals surface area contributed by atoms with Crippen LogP contribution in [0.1, 0.15) is 5.56 Å². The lowest BCUT2D eigenvalue weighted by atomic mass is 10.2. The molecular weight excluding hydrogens is 225 g/mol. The number of carboxylic acid groups (broad SMARTS) is 1. The first-order valence-electron chi connectivity index (χ1n) is 4.12. The smallest absolute Gasteiger partial charge is 0.545 e. The summed E-state index contributed by atoms with van der Waals surface area (Å²) in [5.41, 5.74) is 0.429. The molecule has 0 spiro atoms. The average molecular weight is 231 g/mol. The fraction of sp³-hybridized carbons (Fsp3) is 0.100. The van der Waals surface area contributed by atoms with Gasteiger partial charge >= 0.3 is 6.36 Å². The van der Waals surface area contributed by atoms with Gasteiger partial charge in [0, 0.05) is 0 Å². The molecule has 0 amide bonds. The molecule has 0 bridgehead atoms. The first-order chi connectivity index (χ1) is 7.37. The normalized spacial score (nSPS) is 11.7. The van der Waals surface area contributed by atoms with Crippen LogP contribution in [0, 0.1) is 0 Å². The van der Waals surface area contributed by atoms with Gasteiger partial charge in [-0.15, -0.1) is 13.2 Å². The third-order valence-corrected chi connectivity index (χ3v) is 1.53. The second kappa shape index (κ2) is 4.69. The number of carboxylic acids is 1. The van der Waals surface area contributed by atoms with Crippen LogP contribution in [-0.4, -0.2) is 12.3 Å². The quantitative estimate of drug-likeness (QED) is 0.738. The third-order valence-electron chi connectivity index (χ3n) is 1.53. The minimum absolute atomic E-state index is 0.363. The predicted molar refractivity (Wildman–Crippen MR) is 47.2 cm³/mol. The summed E-state index contributed by atoms with van der Waals surface area (Å²) in [5.74, 6) is -1.74. The Balaban J connectivity index is 2.72. The molecule has 0 aliphatic carbocycles. The molecule has 0 saturated carbocycles. The van der Waals surface area contributed by atoms with Crippen LogP contribution in [0.25, 0.3) is 6.08 Å². The number of hydrogen-bond acceptors (Lipinski definition) is 3. The van der Waals surface area contributed by atoms with Crippen LogP contribution in [0.4, 0.5) is 13.2 Å². The van der Waals surface area contributed by atoms with Crippen molar-refractivity contribution in [1.29, 1.82) is 0 Å². The Morgan fingerprint density at radius 2 is 1.81 bits per heavy atom. The lowest BCUT2D eigenvalue weighted by Gasteiger charge is -2.08. The van der Waals surface area contributed by atoms with Gasteiger partial charge in [0.1, 0.15) is 5.75 Å². The highest BCUT2D eigenvalue weighted by atomic mass is 19.4. The molecule has 86 valence electrons. The van der Waals surface area contributed by atoms with Crippen molar-refractivity contribution in [2.45, 2.75) is 6.36 Å². The van der Waals surface area contributed by atoms with E-state index in [-0.39, 0.29) is 5.75 Å². The predicted octanol–water partition coefficient (Wildman–Crippen LogP) is 1.35. The molecule has 0 fully saturated rings. The van der Waals surface area contributed by atoms with Crippen molar-refractivity contribution >= 4 is 12.0 Å². The van der Waals surface area contributed by atoms with Crippen molar-refractivity contribution in [3.05, 3.63) is 35.9 Å². The number of carbonyl (C=O) groups excluding carboxylic acids is 1. The summed E-state index contributed by atoms with van der Waals surface area (Å²) in [7, 11) is 0. The molecule has 16 heavy (non-hydrogen) atoms. The first-order valence-corrected chi connectivity index (χ1v) is 4.12. The Morgan fingerprint density at radius 3 is 2.25 bits per heavy atom. The van der Waals surface area contributed by atoms with Gasteiger partial charge in [-0.3, -0.25) is 0 Å². The highest BCUT2D eigenvalue weighted by molar-refractivity contribution is 5.83. The van der Waals surface area contributed by atoms with Gasteiger partial charge in [-0.05, 0) is 23.8 Å². The zero-order valence-corrected chi connectivity index (χ0v) is 7.82. The van der Waals surface area contributed by atoms with Crippen LogP contribution in [0.2, 0.25) is 0 Å². The Hall–Kier alpha value is -1.98. The van der Waals surface area contributed by atoms with E-state index in [2.05, 4.69) is 4.74 Å². The van der Waals surface area contributed by atoms with Crippen molar-refractivity contribution in [2.24, 2.45) is 0 Å². The van der Waals surface area contributed by atoms with Crippen molar-refractivity contribution in [2.75, 3.05) is 0 Å². The van der Waals surface area contributed by atoms with Crippen molar-refractivity contribution in [3.8, 4) is 5.75 Å². The summed E-state index contributed by atoms with van der Waals surface area (Å²) in [5, 5.41) is 10.1. The fourth-order valence-electron chi connectivity index (χ4n) is 0.945. The van der Waals surface area contributed by atoms with E-state index in [0.717, 1.165) is 18.2 Å². The van der Waals surface area contributed by atoms with Gasteiger partial charge in [0.15, 0.2) is 0 Å². The number of carbonyl (C=O) groups is 1. The zero-order chi connectivity index (χ0) is 12.2. The Kier molecular flexibility index (Phi) is 3.55. The average Bonchev–Trinajstić information content (AvgIpc) is 2.14. The van der Waals surface area contributed by atoms with Crippen molar-refractivity contribution < 1.29 is 27.8 Å². The van der Waals surface area contributed by atoms with Gasteiger partial charge in [-0.1, -0.05) is 18.2 Å². The summed E-state index contributed by atoms with van der Waals surface area (Å²) >= 11 is 0. The van der Waals surface area contributed by atoms with Crippen LogP contribution in [0.15, 0.2) is 30.3 Å². The molecule has 0 heterocycles. The number of hydrogen-bond donors (Lipinski definition) is 0. The minimum Gasteiger partial charge on any atom is -0.545 e. The van der Waals surface area contributed by atoms with E-state index in [1.54, 1.807) is 0 Å². The SMILES string of the molecule is O=C([O-])C=Cc1ccc(OC(F)(F)F)cc1. The Labute approximate surface area is 88.8 Å². The van der Waals surface area contributed by atoms with E-state index in [1.165, 1.54) is 18.2 Å². The molecule has 1 aromatic carbocycles. The second-order valence-corrected chi connectivity index (χ2v) is 2.77. The number of rotatable bonds is 3. The van der Waals surface area contributed by atoms with Gasteiger partial charge < -0.3 is 14.6 Å². The van der Waals surface area contributed by atoms with E-state index in [1.807, 2.05) is 0 Å². The number of alkyl halides is 3. The van der Waals surface area contributed by atoms with E-state index in [4.69, 9.17) is 0 Å². The molecule has 0 aliphatic rings. The molecule has 1 aromatic rings. The molecule has 0 N–H and O–H groups in total. The van der Waals surface area contributed by atoms with Crippen LogP contribution < -0.4 is 9.84 Å². The standard InChI is InChI=1S/C10H7F3O3/c11-10(12,13)16-8-4-1-7(2-5-8)3-6-9(14)15/h1-6H,(H,14,15)/p-1. The molecular formula is C10H6F3O3-. The van der Waals surface area contributed by atoms with E-state index < -0.39 is 12.3 Å². The third kappa shape index (κ3) is 4.50. The number of ether oxygens (including phenoxy) is 1. The van der Waals surface area contributed by atoms with Crippen LogP contribution in [-0.2, 0) is 4.79 Å². The molecule has 0 aromatic heterocycles. The van der Waals surface area contributed by atoms with Gasteiger partial charge in [-0.25, -0.2) is 0 Å². The number of aliphatic carboxylic acids is 1. The van der Waals surface area contributed by atoms with E-state index in [0.29, 0.717) is 5.56 Å². The van der Waals surface area contributed by atoms with Gasteiger partial charge in [0.05, 0.1) is 5.97 Å². The summed E-state index contributed by atoms with van der Waals surface area (Å²) < 4.78 is 39.0. The highest BCUT2D eigenvalue weighted by Crippen LogP contribution is 2.22. The summed E-state index contributed by atoms with van der Waals surface area (Å²) in [4.78, 5) is 10.1. The van der Waals surface area contributed by atoms with Crippen LogP contribution in [0.3, 0.4) is 0 Å². The number of halogens is 3. The highest BCUT2D eigenvalue weighted by Gasteiger charge is 2.30. The topological polar surface area (TPSA) is 49.4 Å². The van der Waals surface area contributed by atoms with Crippen molar-refractivity contribution in [1.82, 2.24) is 0 Å². The molecule has 3 nitrogen and oxygen atoms in total. The van der Waals surface area contributed by atoms with Crippen LogP contribution in [0.5, 0.6) is 5.75 Å². The maximum atomic E-state index is 11.8.